The van der Waals surface area contributed by atoms with Crippen LogP contribution in [0.15, 0.2) is 51.6 Å². The van der Waals surface area contributed by atoms with E-state index in [2.05, 4.69) is 15.5 Å². The van der Waals surface area contributed by atoms with Gasteiger partial charge in [0.1, 0.15) is 5.75 Å². The third-order valence-electron chi connectivity index (χ3n) is 2.85. The van der Waals surface area contributed by atoms with Crippen LogP contribution in [0.25, 0.3) is 11.7 Å². The molecule has 0 bridgehead atoms. The number of furan rings is 1. The van der Waals surface area contributed by atoms with Crippen molar-refractivity contribution in [3.63, 3.8) is 0 Å². The molecular weight excluding hydrogens is 270 g/mol. The van der Waals surface area contributed by atoms with Crippen molar-refractivity contribution >= 4 is 0 Å². The van der Waals surface area contributed by atoms with Gasteiger partial charge in [0.2, 0.25) is 5.82 Å². The highest BCUT2D eigenvalue weighted by atomic mass is 16.5. The fourth-order valence-corrected chi connectivity index (χ4v) is 1.91. The second kappa shape index (κ2) is 6.23. The Kier molecular flexibility index (Phi) is 3.97. The van der Waals surface area contributed by atoms with Gasteiger partial charge >= 0.3 is 0 Å². The molecule has 6 heteroatoms. The molecule has 3 aromatic rings. The number of benzene rings is 1. The first kappa shape index (κ1) is 13.4. The number of hydrogen-bond donors (Lipinski definition) is 1. The number of aromatic nitrogens is 2. The lowest BCUT2D eigenvalue weighted by molar-refractivity contribution is 0.286. The van der Waals surface area contributed by atoms with Crippen molar-refractivity contribution in [3.05, 3.63) is 54.0 Å². The molecule has 0 aliphatic heterocycles. The summed E-state index contributed by atoms with van der Waals surface area (Å²) in [7, 11) is 1.91. The number of ether oxygens (including phenoxy) is 1. The van der Waals surface area contributed by atoms with Crippen molar-refractivity contribution < 1.29 is 13.7 Å². The van der Waals surface area contributed by atoms with Crippen molar-refractivity contribution in [1.29, 1.82) is 0 Å². The molecule has 2 heterocycles. The molecule has 0 unspecified atom stereocenters. The Hall–Kier alpha value is -2.60. The summed E-state index contributed by atoms with van der Waals surface area (Å²) in [6.07, 6.45) is 1.56. The van der Waals surface area contributed by atoms with Crippen LogP contribution in [0.5, 0.6) is 5.75 Å². The summed E-state index contributed by atoms with van der Waals surface area (Å²) >= 11 is 0. The van der Waals surface area contributed by atoms with Crippen LogP contribution in [-0.4, -0.2) is 17.2 Å². The van der Waals surface area contributed by atoms with Gasteiger partial charge in [-0.1, -0.05) is 17.3 Å². The predicted octanol–water partition coefficient (Wildman–Crippen LogP) is 2.63. The van der Waals surface area contributed by atoms with Gasteiger partial charge in [0.25, 0.3) is 5.89 Å². The van der Waals surface area contributed by atoms with Crippen LogP contribution in [0.4, 0.5) is 0 Å². The zero-order valence-corrected chi connectivity index (χ0v) is 11.6. The number of nitrogens with zero attached hydrogens (tertiary/aromatic N) is 2. The third-order valence-corrected chi connectivity index (χ3v) is 2.85. The van der Waals surface area contributed by atoms with Crippen LogP contribution >= 0.6 is 0 Å². The highest BCUT2D eigenvalue weighted by Crippen LogP contribution is 2.18. The lowest BCUT2D eigenvalue weighted by atomic mass is 10.2. The molecule has 2 aromatic heterocycles. The first-order valence-corrected chi connectivity index (χ1v) is 6.58. The largest absolute Gasteiger partial charge is 0.485 e. The Bertz CT molecular complexity index is 692. The minimum absolute atomic E-state index is 0.243. The van der Waals surface area contributed by atoms with Crippen LogP contribution < -0.4 is 10.1 Å². The topological polar surface area (TPSA) is 73.3 Å². The summed E-state index contributed by atoms with van der Waals surface area (Å²) in [5.41, 5.74) is 1.15. The molecule has 21 heavy (non-hydrogen) atoms. The Morgan fingerprint density at radius 3 is 3.00 bits per heavy atom. The number of rotatable bonds is 6. The second-order valence-electron chi connectivity index (χ2n) is 4.46. The van der Waals surface area contributed by atoms with Crippen molar-refractivity contribution in [2.75, 3.05) is 7.05 Å². The standard InChI is InChI=1S/C15H15N3O3/c1-16-9-11-4-2-5-12(8-11)20-10-14-17-15(21-18-14)13-6-3-7-19-13/h2-8,16H,9-10H2,1H3. The van der Waals surface area contributed by atoms with Crippen LogP contribution in [0.1, 0.15) is 11.4 Å². The molecule has 1 aromatic carbocycles. The SMILES string of the molecule is CNCc1cccc(OCc2noc(-c3ccco3)n2)c1. The molecule has 0 amide bonds. The zero-order chi connectivity index (χ0) is 14.5. The van der Waals surface area contributed by atoms with Crippen LogP contribution in [0.3, 0.4) is 0 Å². The van der Waals surface area contributed by atoms with E-state index in [1.165, 1.54) is 0 Å². The van der Waals surface area contributed by atoms with Crippen LogP contribution in [0, 0.1) is 0 Å². The summed E-state index contributed by atoms with van der Waals surface area (Å²) in [6, 6.07) is 11.4. The molecule has 0 fully saturated rings. The van der Waals surface area contributed by atoms with E-state index in [1.807, 2.05) is 31.3 Å². The molecule has 0 radical (unpaired) electrons. The minimum atomic E-state index is 0.243. The van der Waals surface area contributed by atoms with Gasteiger partial charge in [-0.25, -0.2) is 0 Å². The molecule has 1 N–H and O–H groups in total. The van der Waals surface area contributed by atoms with Gasteiger partial charge in [-0.3, -0.25) is 0 Å². The van der Waals surface area contributed by atoms with Crippen LogP contribution in [0.2, 0.25) is 0 Å². The zero-order valence-electron chi connectivity index (χ0n) is 11.6. The Balaban J connectivity index is 1.64. The van der Waals surface area contributed by atoms with E-state index in [1.54, 1.807) is 18.4 Å². The van der Waals surface area contributed by atoms with E-state index >= 15 is 0 Å². The van der Waals surface area contributed by atoms with Gasteiger partial charge in [0.15, 0.2) is 12.4 Å². The summed E-state index contributed by atoms with van der Waals surface area (Å²) in [5, 5.41) is 6.96. The normalized spacial score (nSPS) is 10.7. The quantitative estimate of drug-likeness (QED) is 0.750. The molecule has 0 aliphatic rings. The molecule has 0 atom stereocenters. The molecule has 0 spiro atoms. The maximum Gasteiger partial charge on any atom is 0.293 e. The highest BCUT2D eigenvalue weighted by Gasteiger charge is 2.11. The lowest BCUT2D eigenvalue weighted by Crippen LogP contribution is -2.05. The van der Waals surface area contributed by atoms with Crippen molar-refractivity contribution in [1.82, 2.24) is 15.5 Å². The lowest BCUT2D eigenvalue weighted by Gasteiger charge is -2.05. The Morgan fingerprint density at radius 1 is 1.24 bits per heavy atom. The van der Waals surface area contributed by atoms with Gasteiger partial charge in [-0.2, -0.15) is 4.98 Å². The Morgan fingerprint density at radius 2 is 2.19 bits per heavy atom. The minimum Gasteiger partial charge on any atom is -0.485 e. The van der Waals surface area contributed by atoms with Gasteiger partial charge in [0.05, 0.1) is 6.26 Å². The fraction of sp³-hybridized carbons (Fsp3) is 0.200. The third kappa shape index (κ3) is 3.29. The van der Waals surface area contributed by atoms with E-state index in [9.17, 15) is 0 Å². The second-order valence-corrected chi connectivity index (χ2v) is 4.46. The van der Waals surface area contributed by atoms with E-state index in [0.29, 0.717) is 17.5 Å². The predicted molar refractivity (Wildman–Crippen MR) is 75.5 cm³/mol. The highest BCUT2D eigenvalue weighted by molar-refractivity contribution is 5.42. The molecule has 6 nitrogen and oxygen atoms in total. The smallest absolute Gasteiger partial charge is 0.293 e. The average Bonchev–Trinajstić information content (AvgIpc) is 3.17. The summed E-state index contributed by atoms with van der Waals surface area (Å²) < 4.78 is 16.0. The van der Waals surface area contributed by atoms with Gasteiger partial charge in [-0.15, -0.1) is 0 Å². The molecule has 0 saturated carbocycles. The van der Waals surface area contributed by atoms with E-state index < -0.39 is 0 Å². The molecule has 3 rings (SSSR count). The van der Waals surface area contributed by atoms with Crippen LogP contribution in [-0.2, 0) is 13.2 Å². The van der Waals surface area contributed by atoms with E-state index in [4.69, 9.17) is 13.7 Å². The molecule has 0 aliphatic carbocycles. The maximum atomic E-state index is 5.67. The number of nitrogens with one attached hydrogen (secondary N) is 1. The first-order valence-electron chi connectivity index (χ1n) is 6.58. The summed E-state index contributed by atoms with van der Waals surface area (Å²) in [5.74, 6) is 2.14. The molecular formula is C15H15N3O3. The Labute approximate surface area is 121 Å². The average molecular weight is 285 g/mol. The first-order chi connectivity index (χ1) is 10.3. The summed E-state index contributed by atoms with van der Waals surface area (Å²) in [4.78, 5) is 4.22. The van der Waals surface area contributed by atoms with Crippen molar-refractivity contribution in [2.45, 2.75) is 13.2 Å². The maximum absolute atomic E-state index is 5.67. The van der Waals surface area contributed by atoms with E-state index in [0.717, 1.165) is 17.9 Å². The van der Waals surface area contributed by atoms with Crippen molar-refractivity contribution in [2.24, 2.45) is 0 Å². The summed E-state index contributed by atoms with van der Waals surface area (Å²) in [6.45, 7) is 1.04. The molecule has 0 saturated heterocycles. The number of hydrogen-bond acceptors (Lipinski definition) is 6. The monoisotopic (exact) mass is 285 g/mol. The van der Waals surface area contributed by atoms with Gasteiger partial charge in [-0.05, 0) is 36.9 Å². The van der Waals surface area contributed by atoms with Crippen molar-refractivity contribution in [3.8, 4) is 17.4 Å². The fourth-order valence-electron chi connectivity index (χ4n) is 1.91. The molecule has 108 valence electrons. The van der Waals surface area contributed by atoms with Gasteiger partial charge in [0, 0.05) is 6.54 Å². The van der Waals surface area contributed by atoms with E-state index in [-0.39, 0.29) is 6.61 Å². The van der Waals surface area contributed by atoms with Gasteiger partial charge < -0.3 is 19.0 Å².